The zero-order chi connectivity index (χ0) is 17.5. The summed E-state index contributed by atoms with van der Waals surface area (Å²) >= 11 is 6.07. The lowest BCUT2D eigenvalue weighted by Crippen LogP contribution is -2.47. The van der Waals surface area contributed by atoms with Gasteiger partial charge >= 0.3 is 0 Å². The van der Waals surface area contributed by atoms with Crippen LogP contribution in [0.2, 0.25) is 5.02 Å². The number of nitrogens with two attached hydrogens (primary N) is 1. The SMILES string of the molecule is CC(N)C(C)C(=O)NCCCN1CCN(c2cccc(Cl)c2)CC1. The van der Waals surface area contributed by atoms with Gasteiger partial charge in [0.05, 0.1) is 0 Å². The molecule has 2 unspecified atom stereocenters. The summed E-state index contributed by atoms with van der Waals surface area (Å²) in [6, 6.07) is 7.92. The molecule has 134 valence electrons. The lowest BCUT2D eigenvalue weighted by Gasteiger charge is -2.36. The van der Waals surface area contributed by atoms with E-state index in [1.165, 1.54) is 5.69 Å². The number of benzene rings is 1. The van der Waals surface area contributed by atoms with E-state index >= 15 is 0 Å². The largest absolute Gasteiger partial charge is 0.369 e. The molecule has 1 aliphatic rings. The number of amides is 1. The van der Waals surface area contributed by atoms with Crippen LogP contribution in [-0.4, -0.2) is 56.1 Å². The van der Waals surface area contributed by atoms with Crippen LogP contribution < -0.4 is 16.0 Å². The number of carbonyl (C=O) groups excluding carboxylic acids is 1. The van der Waals surface area contributed by atoms with Gasteiger partial charge in [0, 0.05) is 55.4 Å². The fraction of sp³-hybridized carbons (Fsp3) is 0.611. The molecule has 1 aliphatic heterocycles. The molecule has 1 aromatic carbocycles. The number of nitrogens with zero attached hydrogens (tertiary/aromatic N) is 2. The number of halogens is 1. The van der Waals surface area contributed by atoms with Crippen molar-refractivity contribution in [3.63, 3.8) is 0 Å². The van der Waals surface area contributed by atoms with Gasteiger partial charge in [-0.25, -0.2) is 0 Å². The molecule has 0 saturated carbocycles. The second kappa shape index (κ2) is 9.25. The molecule has 5 nitrogen and oxygen atoms in total. The smallest absolute Gasteiger partial charge is 0.224 e. The number of hydrogen-bond acceptors (Lipinski definition) is 4. The summed E-state index contributed by atoms with van der Waals surface area (Å²) in [6.45, 7) is 9.55. The van der Waals surface area contributed by atoms with E-state index in [9.17, 15) is 4.79 Å². The predicted octanol–water partition coefficient (Wildman–Crippen LogP) is 1.95. The van der Waals surface area contributed by atoms with E-state index in [2.05, 4.69) is 21.2 Å². The Kier molecular flexibility index (Phi) is 7.34. The minimum absolute atomic E-state index is 0.0516. The van der Waals surface area contributed by atoms with Crippen LogP contribution in [0.1, 0.15) is 20.3 Å². The maximum absolute atomic E-state index is 11.8. The molecule has 0 radical (unpaired) electrons. The van der Waals surface area contributed by atoms with E-state index < -0.39 is 0 Å². The second-order valence-corrected chi connectivity index (χ2v) is 7.04. The average molecular weight is 353 g/mol. The summed E-state index contributed by atoms with van der Waals surface area (Å²) in [5.74, 6) is -0.0815. The van der Waals surface area contributed by atoms with Gasteiger partial charge in [-0.2, -0.15) is 0 Å². The van der Waals surface area contributed by atoms with E-state index in [0.29, 0.717) is 6.54 Å². The molecule has 24 heavy (non-hydrogen) atoms. The van der Waals surface area contributed by atoms with Gasteiger partial charge in [-0.15, -0.1) is 0 Å². The fourth-order valence-electron chi connectivity index (χ4n) is 2.82. The quantitative estimate of drug-likeness (QED) is 0.736. The van der Waals surface area contributed by atoms with E-state index in [-0.39, 0.29) is 17.9 Å². The molecule has 1 saturated heterocycles. The fourth-order valence-corrected chi connectivity index (χ4v) is 3.00. The molecular weight excluding hydrogens is 324 g/mol. The zero-order valence-electron chi connectivity index (χ0n) is 14.7. The highest BCUT2D eigenvalue weighted by atomic mass is 35.5. The third-order valence-electron chi connectivity index (χ3n) is 4.70. The van der Waals surface area contributed by atoms with Crippen molar-refractivity contribution in [3.8, 4) is 0 Å². The van der Waals surface area contributed by atoms with Crippen molar-refractivity contribution in [1.82, 2.24) is 10.2 Å². The first kappa shape index (κ1) is 19.0. The molecule has 2 rings (SSSR count). The highest BCUT2D eigenvalue weighted by Gasteiger charge is 2.18. The standard InChI is InChI=1S/C18H29ClN4O/c1-14(15(2)20)18(24)21-7-4-8-22-9-11-23(12-10-22)17-6-3-5-16(19)13-17/h3,5-6,13-15H,4,7-12,20H2,1-2H3,(H,21,24). The second-order valence-electron chi connectivity index (χ2n) is 6.60. The molecule has 2 atom stereocenters. The summed E-state index contributed by atoms with van der Waals surface area (Å²) in [5.41, 5.74) is 6.94. The molecule has 0 aromatic heterocycles. The van der Waals surface area contributed by atoms with E-state index in [0.717, 1.165) is 44.2 Å². The first-order chi connectivity index (χ1) is 11.5. The Bertz CT molecular complexity index is 530. The first-order valence-electron chi connectivity index (χ1n) is 8.73. The van der Waals surface area contributed by atoms with E-state index in [4.69, 9.17) is 17.3 Å². The van der Waals surface area contributed by atoms with Gasteiger partial charge < -0.3 is 16.0 Å². The van der Waals surface area contributed by atoms with Gasteiger partial charge in [0.2, 0.25) is 5.91 Å². The third kappa shape index (κ3) is 5.65. The molecule has 0 bridgehead atoms. The highest BCUT2D eigenvalue weighted by Crippen LogP contribution is 2.20. The number of carbonyl (C=O) groups is 1. The summed E-state index contributed by atoms with van der Waals surface area (Å²) in [4.78, 5) is 16.7. The van der Waals surface area contributed by atoms with Gasteiger partial charge in [-0.1, -0.05) is 24.6 Å². The van der Waals surface area contributed by atoms with Crippen LogP contribution in [0.4, 0.5) is 5.69 Å². The van der Waals surface area contributed by atoms with Crippen molar-refractivity contribution in [2.24, 2.45) is 11.7 Å². The van der Waals surface area contributed by atoms with Crippen molar-refractivity contribution < 1.29 is 4.79 Å². The Morgan fingerprint density at radius 1 is 1.29 bits per heavy atom. The first-order valence-corrected chi connectivity index (χ1v) is 9.11. The third-order valence-corrected chi connectivity index (χ3v) is 4.93. The van der Waals surface area contributed by atoms with Crippen molar-refractivity contribution >= 4 is 23.2 Å². The topological polar surface area (TPSA) is 61.6 Å². The Labute approximate surface area is 150 Å². The Balaban J connectivity index is 1.64. The lowest BCUT2D eigenvalue weighted by atomic mass is 10.0. The minimum Gasteiger partial charge on any atom is -0.369 e. The molecule has 1 heterocycles. The molecule has 1 aromatic rings. The molecule has 0 aliphatic carbocycles. The number of anilines is 1. The van der Waals surface area contributed by atoms with E-state index in [1.807, 2.05) is 32.0 Å². The molecule has 0 spiro atoms. The van der Waals surface area contributed by atoms with Gasteiger partial charge in [-0.05, 0) is 38.1 Å². The summed E-state index contributed by atoms with van der Waals surface area (Å²) < 4.78 is 0. The van der Waals surface area contributed by atoms with Gasteiger partial charge in [0.1, 0.15) is 0 Å². The highest BCUT2D eigenvalue weighted by molar-refractivity contribution is 6.30. The van der Waals surface area contributed by atoms with Crippen LogP contribution in [0, 0.1) is 5.92 Å². The number of hydrogen-bond donors (Lipinski definition) is 2. The predicted molar refractivity (Wildman–Crippen MR) is 101 cm³/mol. The Morgan fingerprint density at radius 2 is 2.00 bits per heavy atom. The van der Waals surface area contributed by atoms with Gasteiger partial charge in [0.25, 0.3) is 0 Å². The normalized spacial score (nSPS) is 18.2. The maximum Gasteiger partial charge on any atom is 0.224 e. The lowest BCUT2D eigenvalue weighted by molar-refractivity contribution is -0.124. The summed E-state index contributed by atoms with van der Waals surface area (Å²) in [6.07, 6.45) is 0.967. The van der Waals surface area contributed by atoms with Crippen LogP contribution in [-0.2, 0) is 4.79 Å². The van der Waals surface area contributed by atoms with Gasteiger partial charge in [0.15, 0.2) is 0 Å². The van der Waals surface area contributed by atoms with Crippen LogP contribution in [0.5, 0.6) is 0 Å². The molecule has 1 fully saturated rings. The average Bonchev–Trinajstić information content (AvgIpc) is 2.58. The van der Waals surface area contributed by atoms with Crippen molar-refractivity contribution in [2.75, 3.05) is 44.2 Å². The van der Waals surface area contributed by atoms with Crippen LogP contribution in [0.3, 0.4) is 0 Å². The molecular formula is C18H29ClN4O. The Hall–Kier alpha value is -1.30. The van der Waals surface area contributed by atoms with Crippen molar-refractivity contribution in [2.45, 2.75) is 26.3 Å². The van der Waals surface area contributed by atoms with E-state index in [1.54, 1.807) is 0 Å². The van der Waals surface area contributed by atoms with Crippen molar-refractivity contribution in [1.29, 1.82) is 0 Å². The van der Waals surface area contributed by atoms with Crippen molar-refractivity contribution in [3.05, 3.63) is 29.3 Å². The zero-order valence-corrected chi connectivity index (χ0v) is 15.4. The maximum atomic E-state index is 11.8. The van der Waals surface area contributed by atoms with Crippen LogP contribution in [0.15, 0.2) is 24.3 Å². The summed E-state index contributed by atoms with van der Waals surface area (Å²) in [5, 5.41) is 3.76. The summed E-state index contributed by atoms with van der Waals surface area (Å²) in [7, 11) is 0. The molecule has 1 amide bonds. The van der Waals surface area contributed by atoms with Gasteiger partial charge in [-0.3, -0.25) is 9.69 Å². The minimum atomic E-state index is -0.133. The van der Waals surface area contributed by atoms with Crippen LogP contribution in [0.25, 0.3) is 0 Å². The molecule has 6 heteroatoms. The monoisotopic (exact) mass is 352 g/mol. The number of nitrogens with one attached hydrogen (secondary N) is 1. The number of rotatable bonds is 7. The molecule has 3 N–H and O–H groups in total. The van der Waals surface area contributed by atoms with Crippen LogP contribution >= 0.6 is 11.6 Å². The number of piperazine rings is 1. The Morgan fingerprint density at radius 3 is 2.62 bits per heavy atom.